The molecule has 1 aromatic carbocycles. The molecule has 0 radical (unpaired) electrons. The number of hydrogen-bond acceptors (Lipinski definition) is 5. The van der Waals surface area contributed by atoms with Gasteiger partial charge in [-0.1, -0.05) is 18.2 Å². The lowest BCUT2D eigenvalue weighted by molar-refractivity contribution is -0.138. The summed E-state index contributed by atoms with van der Waals surface area (Å²) >= 11 is 0. The zero-order valence-corrected chi connectivity index (χ0v) is 14.6. The number of carbonyl (C=O) groups is 1. The van der Waals surface area contributed by atoms with Crippen LogP contribution in [0.25, 0.3) is 0 Å². The summed E-state index contributed by atoms with van der Waals surface area (Å²) in [5, 5.41) is -0.684. The molecule has 1 aromatic heterocycles. The third kappa shape index (κ3) is 3.28. The second-order valence-electron chi connectivity index (χ2n) is 6.07. The third-order valence-corrected chi connectivity index (χ3v) is 4.91. The highest BCUT2D eigenvalue weighted by atomic mass is 32.2. The van der Waals surface area contributed by atoms with Crippen molar-refractivity contribution in [1.29, 1.82) is 0 Å². The van der Waals surface area contributed by atoms with Gasteiger partial charge in [-0.25, -0.2) is 18.4 Å². The summed E-state index contributed by atoms with van der Waals surface area (Å²) in [5.41, 5.74) is -0.200. The maximum atomic E-state index is 13.3. The summed E-state index contributed by atoms with van der Waals surface area (Å²) in [7, 11) is -2.28. The summed E-state index contributed by atoms with van der Waals surface area (Å²) in [5.74, 6) is -0.290. The van der Waals surface area contributed by atoms with Crippen LogP contribution in [0, 0.1) is 0 Å². The van der Waals surface area contributed by atoms with Crippen molar-refractivity contribution in [2.24, 2.45) is 0 Å². The van der Waals surface area contributed by atoms with Crippen molar-refractivity contribution in [1.82, 2.24) is 14.9 Å². The molecule has 6 nitrogen and oxygen atoms in total. The highest BCUT2D eigenvalue weighted by Crippen LogP contribution is 2.33. The monoisotopic (exact) mass is 385 g/mol. The minimum Gasteiger partial charge on any atom is -0.337 e. The third-order valence-electron chi connectivity index (χ3n) is 4.05. The van der Waals surface area contributed by atoms with Gasteiger partial charge in [-0.2, -0.15) is 13.2 Å². The molecule has 0 spiro atoms. The van der Waals surface area contributed by atoms with E-state index in [0.717, 1.165) is 6.26 Å². The quantitative estimate of drug-likeness (QED) is 0.756. The van der Waals surface area contributed by atoms with Crippen LogP contribution in [0.2, 0.25) is 0 Å². The number of rotatable bonds is 3. The Balaban J connectivity index is 2.14. The second kappa shape index (κ2) is 6.04. The molecule has 0 atom stereocenters. The van der Waals surface area contributed by atoms with Gasteiger partial charge in [0.25, 0.3) is 5.91 Å². The normalized spacial score (nSPS) is 14.7. The van der Waals surface area contributed by atoms with E-state index in [4.69, 9.17) is 0 Å². The number of hydrogen-bond donors (Lipinski definition) is 0. The van der Waals surface area contributed by atoms with Crippen molar-refractivity contribution in [3.63, 3.8) is 0 Å². The predicted molar refractivity (Wildman–Crippen MR) is 85.2 cm³/mol. The molecule has 1 aliphatic heterocycles. The average molecular weight is 385 g/mol. The van der Waals surface area contributed by atoms with Crippen LogP contribution < -0.4 is 0 Å². The van der Waals surface area contributed by atoms with Crippen LogP contribution in [-0.4, -0.2) is 42.5 Å². The number of fused-ring (bicyclic) bond motifs is 1. The Labute approximate surface area is 147 Å². The van der Waals surface area contributed by atoms with E-state index in [-0.39, 0.29) is 12.3 Å². The highest BCUT2D eigenvalue weighted by Gasteiger charge is 2.36. The molecule has 10 heteroatoms. The fourth-order valence-electron chi connectivity index (χ4n) is 2.85. The molecule has 0 aliphatic carbocycles. The smallest absolute Gasteiger partial charge is 0.337 e. The minimum atomic E-state index is -4.75. The number of halogens is 3. The second-order valence-corrected chi connectivity index (χ2v) is 7.98. The van der Waals surface area contributed by atoms with Crippen LogP contribution in [0.15, 0.2) is 29.6 Å². The van der Waals surface area contributed by atoms with Crippen molar-refractivity contribution in [2.75, 3.05) is 13.3 Å². The summed E-state index contributed by atoms with van der Waals surface area (Å²) < 4.78 is 63.1. The standard InChI is InChI=1S/C16H14F3N3O3S/c1-22-8-10-5-3-4-9(13(10)14(22)23)6-12-11(16(17,18)19)7-20-15(21-12)26(2,24)25/h3-5,7H,6,8H2,1-2H3. The van der Waals surface area contributed by atoms with Gasteiger partial charge >= 0.3 is 6.18 Å². The van der Waals surface area contributed by atoms with E-state index in [2.05, 4.69) is 9.97 Å². The van der Waals surface area contributed by atoms with Crippen LogP contribution >= 0.6 is 0 Å². The van der Waals surface area contributed by atoms with Crippen LogP contribution in [0.4, 0.5) is 13.2 Å². The predicted octanol–water partition coefficient (Wildman–Crippen LogP) is 2.08. The average Bonchev–Trinajstić information content (AvgIpc) is 2.81. The molecule has 2 aromatic rings. The highest BCUT2D eigenvalue weighted by molar-refractivity contribution is 7.90. The molecule has 26 heavy (non-hydrogen) atoms. The molecule has 0 fully saturated rings. The van der Waals surface area contributed by atoms with Gasteiger partial charge in [0.15, 0.2) is 0 Å². The first-order valence-electron chi connectivity index (χ1n) is 7.48. The Morgan fingerprint density at radius 2 is 1.96 bits per heavy atom. The fourth-order valence-corrected chi connectivity index (χ4v) is 3.37. The number of sulfone groups is 1. The van der Waals surface area contributed by atoms with E-state index in [9.17, 15) is 26.4 Å². The maximum absolute atomic E-state index is 13.3. The van der Waals surface area contributed by atoms with Crippen molar-refractivity contribution >= 4 is 15.7 Å². The van der Waals surface area contributed by atoms with Gasteiger partial charge in [0.2, 0.25) is 15.0 Å². The lowest BCUT2D eigenvalue weighted by Crippen LogP contribution is -2.19. The molecule has 0 saturated carbocycles. The molecule has 138 valence electrons. The summed E-state index contributed by atoms with van der Waals surface area (Å²) in [4.78, 5) is 20.7. The van der Waals surface area contributed by atoms with Crippen molar-refractivity contribution in [3.8, 4) is 0 Å². The first-order chi connectivity index (χ1) is 12.0. The van der Waals surface area contributed by atoms with Gasteiger partial charge < -0.3 is 4.90 Å². The molecular formula is C16H14F3N3O3S. The number of alkyl halides is 3. The summed E-state index contributed by atoms with van der Waals surface area (Å²) in [6.07, 6.45) is -3.79. The Morgan fingerprint density at radius 1 is 1.27 bits per heavy atom. The Morgan fingerprint density at radius 3 is 2.58 bits per heavy atom. The molecule has 1 amide bonds. The first kappa shape index (κ1) is 18.3. The Bertz CT molecular complexity index is 1000. The van der Waals surface area contributed by atoms with Gasteiger partial charge in [0, 0.05) is 38.0 Å². The van der Waals surface area contributed by atoms with E-state index < -0.39 is 32.4 Å². The number of amides is 1. The molecular weight excluding hydrogens is 371 g/mol. The Kier molecular flexibility index (Phi) is 4.26. The summed E-state index contributed by atoms with van der Waals surface area (Å²) in [6.45, 7) is 0.368. The van der Waals surface area contributed by atoms with Crippen molar-refractivity contribution in [2.45, 2.75) is 24.3 Å². The topological polar surface area (TPSA) is 80.2 Å². The number of carbonyl (C=O) groups excluding carboxylic acids is 1. The first-order valence-corrected chi connectivity index (χ1v) is 9.37. The minimum absolute atomic E-state index is 0.290. The largest absolute Gasteiger partial charge is 0.419 e. The summed E-state index contributed by atoms with van der Waals surface area (Å²) in [6, 6.07) is 4.91. The van der Waals surface area contributed by atoms with E-state index in [1.807, 2.05) is 0 Å². The van der Waals surface area contributed by atoms with Crippen LogP contribution in [0.5, 0.6) is 0 Å². The van der Waals surface area contributed by atoms with Gasteiger partial charge in [0.05, 0.1) is 11.3 Å². The van der Waals surface area contributed by atoms with E-state index in [1.165, 1.54) is 11.0 Å². The number of nitrogens with zero attached hydrogens (tertiary/aromatic N) is 3. The molecule has 0 bridgehead atoms. The van der Waals surface area contributed by atoms with Gasteiger partial charge in [-0.15, -0.1) is 0 Å². The van der Waals surface area contributed by atoms with Gasteiger partial charge in [0.1, 0.15) is 0 Å². The molecule has 2 heterocycles. The molecule has 1 aliphatic rings. The van der Waals surface area contributed by atoms with E-state index in [1.54, 1.807) is 19.2 Å². The van der Waals surface area contributed by atoms with Crippen LogP contribution in [0.3, 0.4) is 0 Å². The number of aromatic nitrogens is 2. The lowest BCUT2D eigenvalue weighted by atomic mass is 9.97. The lowest BCUT2D eigenvalue weighted by Gasteiger charge is -2.14. The van der Waals surface area contributed by atoms with Gasteiger partial charge in [-0.3, -0.25) is 4.79 Å². The molecule has 0 saturated heterocycles. The maximum Gasteiger partial charge on any atom is 0.419 e. The van der Waals surface area contributed by atoms with E-state index >= 15 is 0 Å². The molecule has 3 rings (SSSR count). The van der Waals surface area contributed by atoms with E-state index in [0.29, 0.717) is 29.4 Å². The molecule has 0 N–H and O–H groups in total. The number of benzene rings is 1. The zero-order chi connectivity index (χ0) is 19.3. The Hall–Kier alpha value is -2.49. The van der Waals surface area contributed by atoms with Crippen LogP contribution in [0.1, 0.15) is 32.7 Å². The zero-order valence-electron chi connectivity index (χ0n) is 13.8. The SMILES string of the molecule is CN1Cc2cccc(Cc3nc(S(C)(=O)=O)ncc3C(F)(F)F)c2C1=O. The fraction of sp³-hybridized carbons (Fsp3) is 0.312. The molecule has 0 unspecified atom stereocenters. The van der Waals surface area contributed by atoms with Crippen molar-refractivity contribution in [3.05, 3.63) is 52.3 Å². The van der Waals surface area contributed by atoms with Crippen LogP contribution in [-0.2, 0) is 29.0 Å². The van der Waals surface area contributed by atoms with Gasteiger partial charge in [-0.05, 0) is 11.1 Å². The van der Waals surface area contributed by atoms with Crippen molar-refractivity contribution < 1.29 is 26.4 Å².